The number of fused-ring (bicyclic) bond motifs is 1. The highest BCUT2D eigenvalue weighted by Crippen LogP contribution is 2.37. The highest BCUT2D eigenvalue weighted by molar-refractivity contribution is 7.10. The second-order valence-corrected chi connectivity index (χ2v) is 18.8. The van der Waals surface area contributed by atoms with E-state index in [1.807, 2.05) is 48.3 Å². The predicted octanol–water partition coefficient (Wildman–Crippen LogP) is 4.47. The molecule has 6 amide bonds. The van der Waals surface area contributed by atoms with E-state index in [-0.39, 0.29) is 74.9 Å². The minimum Gasteiger partial charge on any atom is -0.445 e. The van der Waals surface area contributed by atoms with Gasteiger partial charge in [-0.1, -0.05) is 41.9 Å². The second-order valence-electron chi connectivity index (χ2n) is 17.4. The molecular weight excluding hydrogens is 886 g/mol. The van der Waals surface area contributed by atoms with E-state index in [2.05, 4.69) is 36.7 Å². The number of piperidine rings is 1. The van der Waals surface area contributed by atoms with E-state index in [0.29, 0.717) is 73.3 Å². The van der Waals surface area contributed by atoms with Crippen LogP contribution >= 0.6 is 22.9 Å². The first-order valence-corrected chi connectivity index (χ1v) is 24.0. The maximum Gasteiger partial charge on any atom is 0.410 e. The molecule has 8 rings (SSSR count). The average Bonchev–Trinajstić information content (AvgIpc) is 3.82. The predicted molar refractivity (Wildman–Crippen MR) is 246 cm³/mol. The van der Waals surface area contributed by atoms with E-state index in [1.54, 1.807) is 16.5 Å². The van der Waals surface area contributed by atoms with Gasteiger partial charge < -0.3 is 30.9 Å². The average molecular weight is 943 g/mol. The summed E-state index contributed by atoms with van der Waals surface area (Å²) in [5, 5.41) is 21.5. The number of unbranched alkanes of at least 4 members (excludes halogenated alkanes) is 1. The number of benzene rings is 1. The van der Waals surface area contributed by atoms with Crippen LogP contribution in [0.3, 0.4) is 0 Å². The van der Waals surface area contributed by atoms with E-state index in [9.17, 15) is 28.8 Å². The van der Waals surface area contributed by atoms with E-state index in [0.717, 1.165) is 46.5 Å². The molecule has 4 aromatic rings. The van der Waals surface area contributed by atoms with Crippen LogP contribution in [0.5, 0.6) is 0 Å². The highest BCUT2D eigenvalue weighted by atomic mass is 35.5. The van der Waals surface area contributed by atoms with Crippen LogP contribution < -0.4 is 26.6 Å². The minimum atomic E-state index is -0.688. The summed E-state index contributed by atoms with van der Waals surface area (Å²) in [7, 11) is 1.94. The topological polar surface area (TPSA) is 222 Å². The van der Waals surface area contributed by atoms with Crippen LogP contribution in [0.15, 0.2) is 48.1 Å². The van der Waals surface area contributed by atoms with Crippen molar-refractivity contribution in [3.63, 3.8) is 0 Å². The SMILES string of the molecule is Cn1ncc(-c2nc(NC3CCC(N(CC(=O)NCCCCNCC(=O)NCc4scc5c4CN(C4CCC(=O)NC4=O)C5=O)C(=O)OCc4ccccc4)CC3)ncc2Cl)c1CC1CC1. The number of thiophene rings is 1. The monoisotopic (exact) mass is 941 g/mol. The van der Waals surface area contributed by atoms with Crippen molar-refractivity contribution in [1.82, 2.24) is 50.8 Å². The van der Waals surface area contributed by atoms with E-state index < -0.39 is 18.0 Å². The first-order valence-electron chi connectivity index (χ1n) is 22.8. The van der Waals surface area contributed by atoms with Gasteiger partial charge in [-0.15, -0.1) is 11.3 Å². The van der Waals surface area contributed by atoms with Crippen molar-refractivity contribution < 1.29 is 33.5 Å². The standard InChI is InChI=1S/C46H56ClN11O7S/c1-56-37(19-28-9-10-28)32(20-52-56)42-35(47)21-51-45(55-42)53-30-11-13-31(14-12-30)57(46(64)65-26-29-7-3-2-4-8-29)25-41(61)49-18-6-5-17-48-23-40(60)50-22-38-33-24-58(44(63)34(33)27-66-38)36-15-16-39(59)54-43(36)62/h2-4,7-8,20-21,27-28,30-31,36,48H,5-6,9-19,22-26H2,1H3,(H,49,61)(H,50,60)(H,51,53,55)(H,54,59,62). The lowest BCUT2D eigenvalue weighted by Gasteiger charge is -2.36. The molecule has 20 heteroatoms. The Morgan fingerprint density at radius 2 is 1.74 bits per heavy atom. The summed E-state index contributed by atoms with van der Waals surface area (Å²) in [4.78, 5) is 89.7. The smallest absolute Gasteiger partial charge is 0.410 e. The molecule has 1 atom stereocenters. The molecule has 1 unspecified atom stereocenters. The number of imide groups is 1. The fourth-order valence-electron chi connectivity index (χ4n) is 8.79. The number of nitrogens with zero attached hydrogens (tertiary/aromatic N) is 6. The quantitative estimate of drug-likeness (QED) is 0.0612. The zero-order chi connectivity index (χ0) is 46.2. The van der Waals surface area contributed by atoms with Crippen LogP contribution in [0.1, 0.15) is 96.3 Å². The zero-order valence-electron chi connectivity index (χ0n) is 37.0. The van der Waals surface area contributed by atoms with Crippen LogP contribution in [0, 0.1) is 5.92 Å². The summed E-state index contributed by atoms with van der Waals surface area (Å²) >= 11 is 8.01. The molecule has 350 valence electrons. The first-order chi connectivity index (χ1) is 32.0. The van der Waals surface area contributed by atoms with Crippen LogP contribution in [-0.4, -0.2) is 109 Å². The number of rotatable bonds is 20. The second kappa shape index (κ2) is 21.6. The van der Waals surface area contributed by atoms with Crippen LogP contribution in [0.2, 0.25) is 5.02 Å². The number of aromatic nitrogens is 4. The van der Waals surface area contributed by atoms with Crippen molar-refractivity contribution in [3.05, 3.63) is 80.4 Å². The maximum absolute atomic E-state index is 13.6. The number of carbonyl (C=O) groups excluding carboxylic acids is 6. The maximum atomic E-state index is 13.6. The van der Waals surface area contributed by atoms with E-state index >= 15 is 0 Å². The number of aryl methyl sites for hydroxylation is 1. The number of hydrogen-bond acceptors (Lipinski definition) is 13. The summed E-state index contributed by atoms with van der Waals surface area (Å²) in [6.07, 6.45) is 10.9. The van der Waals surface area contributed by atoms with E-state index in [4.69, 9.17) is 21.3 Å². The van der Waals surface area contributed by atoms with Gasteiger partial charge >= 0.3 is 6.09 Å². The zero-order valence-corrected chi connectivity index (χ0v) is 38.6. The number of nitrogens with one attached hydrogen (secondary N) is 5. The highest BCUT2D eigenvalue weighted by Gasteiger charge is 2.41. The summed E-state index contributed by atoms with van der Waals surface area (Å²) < 4.78 is 7.63. The number of amides is 6. The fraction of sp³-hybridized carbons (Fsp3) is 0.500. The summed E-state index contributed by atoms with van der Waals surface area (Å²) in [6.45, 7) is 1.52. The Labute approximate surface area is 392 Å². The molecule has 1 aromatic carbocycles. The van der Waals surface area contributed by atoms with Gasteiger partial charge in [0.15, 0.2) is 0 Å². The molecule has 1 saturated heterocycles. The lowest BCUT2D eigenvalue weighted by atomic mass is 9.90. The summed E-state index contributed by atoms with van der Waals surface area (Å²) in [5.74, 6) is -0.361. The molecule has 2 aliphatic heterocycles. The molecule has 5 heterocycles. The van der Waals surface area contributed by atoms with E-state index in [1.165, 1.54) is 29.1 Å². The third-order valence-electron chi connectivity index (χ3n) is 12.7. The van der Waals surface area contributed by atoms with Gasteiger partial charge in [-0.3, -0.25) is 38.9 Å². The van der Waals surface area contributed by atoms with Gasteiger partial charge in [0.05, 0.1) is 41.8 Å². The number of hydrogen-bond donors (Lipinski definition) is 5. The van der Waals surface area contributed by atoms with Crippen molar-refractivity contribution in [3.8, 4) is 11.3 Å². The van der Waals surface area contributed by atoms with Gasteiger partial charge in [0.1, 0.15) is 19.2 Å². The van der Waals surface area contributed by atoms with Gasteiger partial charge in [0.25, 0.3) is 5.91 Å². The first kappa shape index (κ1) is 46.6. The summed E-state index contributed by atoms with van der Waals surface area (Å²) in [5.41, 5.74) is 4.88. The Morgan fingerprint density at radius 3 is 2.52 bits per heavy atom. The Hall–Kier alpha value is -5.92. The Bertz CT molecular complexity index is 2420. The molecule has 2 saturated carbocycles. The van der Waals surface area contributed by atoms with Crippen LogP contribution in [0.4, 0.5) is 10.7 Å². The fourth-order valence-corrected chi connectivity index (χ4v) is 9.96. The normalized spacial score (nSPS) is 19.3. The van der Waals surface area contributed by atoms with Crippen molar-refractivity contribution in [2.24, 2.45) is 13.0 Å². The molecule has 3 aromatic heterocycles. The number of anilines is 1. The molecule has 0 spiro atoms. The molecule has 5 N–H and O–H groups in total. The molecule has 3 fully saturated rings. The van der Waals surface area contributed by atoms with Crippen molar-refractivity contribution in [2.75, 3.05) is 31.5 Å². The van der Waals surface area contributed by atoms with Crippen molar-refractivity contribution >= 4 is 64.5 Å². The molecule has 4 aliphatic rings. The van der Waals surface area contributed by atoms with Gasteiger partial charge in [-0.05, 0) is 87.8 Å². The van der Waals surface area contributed by atoms with Gasteiger partial charge in [-0.25, -0.2) is 14.8 Å². The minimum absolute atomic E-state index is 0.0550. The van der Waals surface area contributed by atoms with Gasteiger partial charge in [0.2, 0.25) is 29.6 Å². The Kier molecular flexibility index (Phi) is 15.2. The number of ether oxygens (including phenoxy) is 1. The third-order valence-corrected chi connectivity index (χ3v) is 14.0. The molecular formula is C46H56ClN11O7S. The van der Waals surface area contributed by atoms with Crippen LogP contribution in [-0.2, 0) is 57.1 Å². The number of carbonyl (C=O) groups is 6. The van der Waals surface area contributed by atoms with Gasteiger partial charge in [-0.2, -0.15) is 5.10 Å². The Morgan fingerprint density at radius 1 is 0.955 bits per heavy atom. The lowest BCUT2D eigenvalue weighted by molar-refractivity contribution is -0.137. The number of halogens is 1. The molecule has 18 nitrogen and oxygen atoms in total. The summed E-state index contributed by atoms with van der Waals surface area (Å²) in [6, 6.07) is 8.60. The molecule has 66 heavy (non-hydrogen) atoms. The van der Waals surface area contributed by atoms with Crippen molar-refractivity contribution in [2.45, 2.75) is 108 Å². The molecule has 0 radical (unpaired) electrons. The molecule has 0 bridgehead atoms. The van der Waals surface area contributed by atoms with Gasteiger partial charge in [0, 0.05) is 60.2 Å². The Balaban J connectivity index is 0.759. The lowest BCUT2D eigenvalue weighted by Crippen LogP contribution is -2.52. The van der Waals surface area contributed by atoms with Crippen molar-refractivity contribution in [1.29, 1.82) is 0 Å². The third kappa shape index (κ3) is 11.7. The van der Waals surface area contributed by atoms with Crippen LogP contribution in [0.25, 0.3) is 11.3 Å². The largest absolute Gasteiger partial charge is 0.445 e. The molecule has 2 aliphatic carbocycles.